The van der Waals surface area contributed by atoms with Crippen molar-refractivity contribution >= 4 is 5.97 Å². The number of hydrogen-bond acceptors (Lipinski definition) is 3. The first-order valence-corrected chi connectivity index (χ1v) is 6.22. The van der Waals surface area contributed by atoms with E-state index in [4.69, 9.17) is 9.84 Å². The van der Waals surface area contributed by atoms with Gasteiger partial charge in [-0.05, 0) is 31.2 Å². The third-order valence-electron chi connectivity index (χ3n) is 2.62. The molecule has 4 nitrogen and oxygen atoms in total. The van der Waals surface area contributed by atoms with Crippen molar-refractivity contribution in [3.63, 3.8) is 0 Å². The molecule has 100 valence electrons. The van der Waals surface area contributed by atoms with Crippen LogP contribution in [-0.2, 0) is 11.3 Å². The van der Waals surface area contributed by atoms with Gasteiger partial charge in [-0.25, -0.2) is 4.79 Å². The molecule has 0 amide bonds. The summed E-state index contributed by atoms with van der Waals surface area (Å²) in [6, 6.07) is 6.98. The van der Waals surface area contributed by atoms with Gasteiger partial charge in [-0.3, -0.25) is 4.90 Å². The summed E-state index contributed by atoms with van der Waals surface area (Å²) < 4.78 is 5.42. The number of hydrogen-bond donors (Lipinski definition) is 1. The number of aromatic carboxylic acids is 1. The van der Waals surface area contributed by atoms with Crippen molar-refractivity contribution in [2.75, 3.05) is 26.8 Å². The van der Waals surface area contributed by atoms with Crippen molar-refractivity contribution in [1.29, 1.82) is 0 Å². The Morgan fingerprint density at radius 2 is 1.94 bits per heavy atom. The normalized spacial score (nSPS) is 10.8. The van der Waals surface area contributed by atoms with Crippen LogP contribution in [0, 0.1) is 0 Å². The molecule has 1 rings (SSSR count). The van der Waals surface area contributed by atoms with E-state index in [0.29, 0.717) is 5.56 Å². The quantitative estimate of drug-likeness (QED) is 0.720. The monoisotopic (exact) mass is 251 g/mol. The van der Waals surface area contributed by atoms with Crippen LogP contribution in [0.4, 0.5) is 0 Å². The number of carbonyl (C=O) groups is 1. The number of carboxylic acid groups (broad SMARTS) is 1. The molecular weight excluding hydrogens is 230 g/mol. The number of benzene rings is 1. The van der Waals surface area contributed by atoms with Crippen LogP contribution in [0.3, 0.4) is 0 Å². The summed E-state index contributed by atoms with van der Waals surface area (Å²) in [6.07, 6.45) is 1.04. The highest BCUT2D eigenvalue weighted by Gasteiger charge is 2.03. The van der Waals surface area contributed by atoms with Crippen LogP contribution in [0.2, 0.25) is 0 Å². The van der Waals surface area contributed by atoms with E-state index in [-0.39, 0.29) is 0 Å². The second kappa shape index (κ2) is 7.84. The van der Waals surface area contributed by atoms with Crippen molar-refractivity contribution in [3.8, 4) is 0 Å². The topological polar surface area (TPSA) is 49.8 Å². The highest BCUT2D eigenvalue weighted by Crippen LogP contribution is 2.06. The molecule has 1 aromatic rings. The average Bonchev–Trinajstić information content (AvgIpc) is 2.35. The van der Waals surface area contributed by atoms with Crippen LogP contribution < -0.4 is 0 Å². The molecule has 1 aromatic carbocycles. The Kier molecular flexibility index (Phi) is 6.39. The molecule has 0 aliphatic heterocycles. The van der Waals surface area contributed by atoms with E-state index < -0.39 is 5.97 Å². The van der Waals surface area contributed by atoms with E-state index in [0.717, 1.165) is 38.3 Å². The molecule has 18 heavy (non-hydrogen) atoms. The Labute approximate surface area is 108 Å². The van der Waals surface area contributed by atoms with Crippen LogP contribution in [0.15, 0.2) is 24.3 Å². The summed E-state index contributed by atoms with van der Waals surface area (Å²) in [5, 5.41) is 8.80. The lowest BCUT2D eigenvalue weighted by Crippen LogP contribution is -2.22. The molecule has 0 atom stereocenters. The van der Waals surface area contributed by atoms with Gasteiger partial charge in [0.15, 0.2) is 0 Å². The van der Waals surface area contributed by atoms with Gasteiger partial charge in [-0.2, -0.15) is 0 Å². The molecule has 0 bridgehead atoms. The van der Waals surface area contributed by atoms with Crippen molar-refractivity contribution in [1.82, 2.24) is 4.90 Å². The third kappa shape index (κ3) is 5.29. The zero-order valence-electron chi connectivity index (χ0n) is 11.1. The van der Waals surface area contributed by atoms with Gasteiger partial charge in [0.2, 0.25) is 0 Å². The molecule has 0 aliphatic carbocycles. The van der Waals surface area contributed by atoms with Crippen LogP contribution in [-0.4, -0.2) is 42.8 Å². The van der Waals surface area contributed by atoms with E-state index in [1.54, 1.807) is 12.1 Å². The third-order valence-corrected chi connectivity index (χ3v) is 2.62. The molecule has 0 spiro atoms. The molecule has 0 aromatic heterocycles. The maximum atomic E-state index is 10.7. The summed E-state index contributed by atoms with van der Waals surface area (Å²) in [4.78, 5) is 12.9. The van der Waals surface area contributed by atoms with E-state index >= 15 is 0 Å². The van der Waals surface area contributed by atoms with Gasteiger partial charge in [0, 0.05) is 19.7 Å². The second-order valence-electron chi connectivity index (χ2n) is 4.35. The number of likely N-dealkylation sites (N-methyl/N-ethyl adjacent to an activating group) is 1. The fraction of sp³-hybridized carbons (Fsp3) is 0.500. The SMILES string of the molecule is CCCOCCN(C)Cc1ccc(C(=O)O)cc1. The Hall–Kier alpha value is -1.39. The second-order valence-corrected chi connectivity index (χ2v) is 4.35. The van der Waals surface area contributed by atoms with Gasteiger partial charge in [0.1, 0.15) is 0 Å². The maximum absolute atomic E-state index is 10.7. The van der Waals surface area contributed by atoms with Gasteiger partial charge in [0.05, 0.1) is 12.2 Å². The zero-order chi connectivity index (χ0) is 13.4. The first-order valence-electron chi connectivity index (χ1n) is 6.22. The molecular formula is C14H21NO3. The minimum absolute atomic E-state index is 0.327. The molecule has 0 radical (unpaired) electrons. The first kappa shape index (κ1) is 14.7. The molecule has 1 N–H and O–H groups in total. The summed E-state index contributed by atoms with van der Waals surface area (Å²) in [5.41, 5.74) is 1.44. The highest BCUT2D eigenvalue weighted by atomic mass is 16.5. The Bertz CT molecular complexity index is 362. The van der Waals surface area contributed by atoms with Crippen molar-refractivity contribution in [2.45, 2.75) is 19.9 Å². The largest absolute Gasteiger partial charge is 0.478 e. The Morgan fingerprint density at radius 1 is 1.28 bits per heavy atom. The van der Waals surface area contributed by atoms with Crippen LogP contribution in [0.5, 0.6) is 0 Å². The summed E-state index contributed by atoms with van der Waals surface area (Å²) in [6.45, 7) is 5.31. The number of nitrogens with zero attached hydrogens (tertiary/aromatic N) is 1. The predicted molar refractivity (Wildman–Crippen MR) is 70.8 cm³/mol. The lowest BCUT2D eigenvalue weighted by Gasteiger charge is -2.16. The van der Waals surface area contributed by atoms with Crippen LogP contribution in [0.25, 0.3) is 0 Å². The Balaban J connectivity index is 2.35. The van der Waals surface area contributed by atoms with Crippen molar-refractivity contribution in [3.05, 3.63) is 35.4 Å². The van der Waals surface area contributed by atoms with Gasteiger partial charge >= 0.3 is 5.97 Å². The maximum Gasteiger partial charge on any atom is 0.335 e. The molecule has 0 saturated heterocycles. The van der Waals surface area contributed by atoms with Gasteiger partial charge < -0.3 is 9.84 Å². The van der Waals surface area contributed by atoms with Gasteiger partial charge in [0.25, 0.3) is 0 Å². The van der Waals surface area contributed by atoms with E-state index in [2.05, 4.69) is 11.8 Å². The molecule has 0 unspecified atom stereocenters. The number of ether oxygens (including phenoxy) is 1. The summed E-state index contributed by atoms with van der Waals surface area (Å²) >= 11 is 0. The summed E-state index contributed by atoms with van der Waals surface area (Å²) in [5.74, 6) is -0.886. The van der Waals surface area contributed by atoms with Crippen molar-refractivity contribution in [2.24, 2.45) is 0 Å². The fourth-order valence-electron chi connectivity index (χ4n) is 1.61. The average molecular weight is 251 g/mol. The molecule has 4 heteroatoms. The molecule has 0 saturated carbocycles. The lowest BCUT2D eigenvalue weighted by molar-refractivity contribution is 0.0697. The van der Waals surface area contributed by atoms with Crippen molar-refractivity contribution < 1.29 is 14.6 Å². The van der Waals surface area contributed by atoms with E-state index in [1.165, 1.54) is 0 Å². The van der Waals surface area contributed by atoms with Crippen LogP contribution >= 0.6 is 0 Å². The zero-order valence-corrected chi connectivity index (χ0v) is 11.1. The predicted octanol–water partition coefficient (Wildman–Crippen LogP) is 2.24. The highest BCUT2D eigenvalue weighted by molar-refractivity contribution is 5.87. The fourth-order valence-corrected chi connectivity index (χ4v) is 1.61. The first-order chi connectivity index (χ1) is 8.63. The number of rotatable bonds is 8. The van der Waals surface area contributed by atoms with Crippen LogP contribution in [0.1, 0.15) is 29.3 Å². The molecule has 0 fully saturated rings. The van der Waals surface area contributed by atoms with Gasteiger partial charge in [-0.15, -0.1) is 0 Å². The minimum atomic E-state index is -0.886. The molecule has 0 heterocycles. The van der Waals surface area contributed by atoms with Gasteiger partial charge in [-0.1, -0.05) is 19.1 Å². The Morgan fingerprint density at radius 3 is 2.50 bits per heavy atom. The smallest absolute Gasteiger partial charge is 0.335 e. The lowest BCUT2D eigenvalue weighted by atomic mass is 10.1. The van der Waals surface area contributed by atoms with E-state index in [1.807, 2.05) is 19.2 Å². The van der Waals surface area contributed by atoms with E-state index in [9.17, 15) is 4.79 Å². The molecule has 0 aliphatic rings. The summed E-state index contributed by atoms with van der Waals surface area (Å²) in [7, 11) is 2.03. The minimum Gasteiger partial charge on any atom is -0.478 e. The standard InChI is InChI=1S/C14H21NO3/c1-3-9-18-10-8-15(2)11-12-4-6-13(7-5-12)14(16)17/h4-7H,3,8-11H2,1-2H3,(H,16,17). The number of carboxylic acids is 1.